The lowest BCUT2D eigenvalue weighted by Gasteiger charge is -2.07. The van der Waals surface area contributed by atoms with Crippen LogP contribution in [0.5, 0.6) is 0 Å². The number of aryl methyl sites for hydroxylation is 1. The van der Waals surface area contributed by atoms with E-state index >= 15 is 0 Å². The lowest BCUT2D eigenvalue weighted by Crippen LogP contribution is -2.17. The van der Waals surface area contributed by atoms with E-state index in [-0.39, 0.29) is 5.91 Å². The highest BCUT2D eigenvalue weighted by Gasteiger charge is 2.10. The SMILES string of the molecule is O=C(CCCn1c(=O)oc2ccccc21)Nc1cccc(-c2ccn[nH]2)c1. The summed E-state index contributed by atoms with van der Waals surface area (Å²) in [6.45, 7) is 0.428. The topological polar surface area (TPSA) is 92.9 Å². The fourth-order valence-corrected chi connectivity index (χ4v) is 3.03. The fourth-order valence-electron chi connectivity index (χ4n) is 3.03. The second kappa shape index (κ2) is 7.33. The van der Waals surface area contributed by atoms with Crippen LogP contribution < -0.4 is 11.1 Å². The highest BCUT2D eigenvalue weighted by molar-refractivity contribution is 5.91. The predicted octanol–water partition coefficient (Wildman–Crippen LogP) is 3.40. The van der Waals surface area contributed by atoms with Crippen molar-refractivity contribution in [2.24, 2.45) is 0 Å². The standard InChI is InChI=1S/C20H18N4O3/c25-19(22-15-6-3-5-14(13-15)16-10-11-21-23-16)9-4-12-24-17-7-1-2-8-18(17)27-20(24)26/h1-3,5-8,10-11,13H,4,9,12H2,(H,21,23)(H,22,25). The van der Waals surface area contributed by atoms with Gasteiger partial charge in [0.15, 0.2) is 5.58 Å². The Hall–Kier alpha value is -3.61. The third-order valence-corrected chi connectivity index (χ3v) is 4.32. The molecule has 0 aliphatic carbocycles. The number of nitrogens with zero attached hydrogens (tertiary/aromatic N) is 2. The molecule has 2 aromatic heterocycles. The first-order valence-electron chi connectivity index (χ1n) is 8.69. The molecule has 0 atom stereocenters. The van der Waals surface area contributed by atoms with E-state index in [1.54, 1.807) is 16.8 Å². The molecule has 7 heteroatoms. The van der Waals surface area contributed by atoms with Gasteiger partial charge in [0.05, 0.1) is 11.2 Å². The molecule has 0 unspecified atom stereocenters. The van der Waals surface area contributed by atoms with Crippen LogP contribution in [0.25, 0.3) is 22.4 Å². The molecule has 0 fully saturated rings. The minimum absolute atomic E-state index is 0.0994. The number of hydrogen-bond donors (Lipinski definition) is 2. The van der Waals surface area contributed by atoms with E-state index in [1.165, 1.54) is 0 Å². The fraction of sp³-hybridized carbons (Fsp3) is 0.150. The van der Waals surface area contributed by atoms with Gasteiger partial charge in [-0.2, -0.15) is 5.10 Å². The highest BCUT2D eigenvalue weighted by atomic mass is 16.4. The number of carbonyl (C=O) groups is 1. The van der Waals surface area contributed by atoms with E-state index in [9.17, 15) is 9.59 Å². The number of para-hydroxylation sites is 2. The summed E-state index contributed by atoms with van der Waals surface area (Å²) in [4.78, 5) is 24.2. The summed E-state index contributed by atoms with van der Waals surface area (Å²) in [7, 11) is 0. The van der Waals surface area contributed by atoms with Crippen molar-refractivity contribution < 1.29 is 9.21 Å². The van der Waals surface area contributed by atoms with Gasteiger partial charge in [-0.25, -0.2) is 4.79 Å². The number of carbonyl (C=O) groups excluding carboxylic acids is 1. The molecule has 7 nitrogen and oxygen atoms in total. The van der Waals surface area contributed by atoms with Crippen LogP contribution in [0.1, 0.15) is 12.8 Å². The van der Waals surface area contributed by atoms with Crippen LogP contribution in [0.2, 0.25) is 0 Å². The molecule has 4 rings (SSSR count). The Morgan fingerprint density at radius 1 is 1.15 bits per heavy atom. The number of nitrogens with one attached hydrogen (secondary N) is 2. The molecule has 2 heterocycles. The normalized spacial score (nSPS) is 11.0. The molecule has 136 valence electrons. The molecule has 0 aliphatic heterocycles. The summed E-state index contributed by atoms with van der Waals surface area (Å²) < 4.78 is 6.76. The van der Waals surface area contributed by atoms with Crippen molar-refractivity contribution >= 4 is 22.7 Å². The smallest absolute Gasteiger partial charge is 0.408 e. The zero-order valence-electron chi connectivity index (χ0n) is 14.5. The molecule has 27 heavy (non-hydrogen) atoms. The Balaban J connectivity index is 1.37. The number of anilines is 1. The van der Waals surface area contributed by atoms with Crippen LogP contribution in [0.3, 0.4) is 0 Å². The largest absolute Gasteiger partial charge is 0.419 e. The van der Waals surface area contributed by atoms with Crippen molar-refractivity contribution in [3.05, 3.63) is 71.3 Å². The molecule has 4 aromatic rings. The Kier molecular flexibility index (Phi) is 4.57. The summed E-state index contributed by atoms with van der Waals surface area (Å²) in [5.41, 5.74) is 3.86. The zero-order valence-corrected chi connectivity index (χ0v) is 14.5. The Morgan fingerprint density at radius 2 is 2.04 bits per heavy atom. The second-order valence-electron chi connectivity index (χ2n) is 6.19. The van der Waals surface area contributed by atoms with Crippen LogP contribution in [-0.4, -0.2) is 20.7 Å². The minimum Gasteiger partial charge on any atom is -0.408 e. The monoisotopic (exact) mass is 362 g/mol. The van der Waals surface area contributed by atoms with Crippen molar-refractivity contribution in [1.82, 2.24) is 14.8 Å². The number of aromatic nitrogens is 3. The molecule has 0 saturated carbocycles. The second-order valence-corrected chi connectivity index (χ2v) is 6.19. The van der Waals surface area contributed by atoms with E-state index in [0.717, 1.165) is 22.5 Å². The maximum Gasteiger partial charge on any atom is 0.419 e. The zero-order chi connectivity index (χ0) is 18.6. The average Bonchev–Trinajstić information content (AvgIpc) is 3.30. The quantitative estimate of drug-likeness (QED) is 0.550. The van der Waals surface area contributed by atoms with E-state index in [2.05, 4.69) is 15.5 Å². The van der Waals surface area contributed by atoms with Crippen molar-refractivity contribution in [3.8, 4) is 11.3 Å². The summed E-state index contributed by atoms with van der Waals surface area (Å²) >= 11 is 0. The van der Waals surface area contributed by atoms with Gasteiger partial charge in [-0.3, -0.25) is 14.5 Å². The first kappa shape index (κ1) is 16.8. The number of hydrogen-bond acceptors (Lipinski definition) is 4. The number of aromatic amines is 1. The maximum atomic E-state index is 12.2. The third kappa shape index (κ3) is 3.67. The van der Waals surface area contributed by atoms with E-state index < -0.39 is 5.76 Å². The van der Waals surface area contributed by atoms with Crippen LogP contribution in [0, 0.1) is 0 Å². The lowest BCUT2D eigenvalue weighted by atomic mass is 10.1. The van der Waals surface area contributed by atoms with Gasteiger partial charge in [0.2, 0.25) is 5.91 Å². The van der Waals surface area contributed by atoms with Crippen molar-refractivity contribution in [1.29, 1.82) is 0 Å². The molecule has 0 bridgehead atoms. The van der Waals surface area contributed by atoms with Crippen LogP contribution >= 0.6 is 0 Å². The highest BCUT2D eigenvalue weighted by Crippen LogP contribution is 2.20. The third-order valence-electron chi connectivity index (χ3n) is 4.32. The summed E-state index contributed by atoms with van der Waals surface area (Å²) in [6.07, 6.45) is 2.53. The number of amides is 1. The van der Waals surface area contributed by atoms with Gasteiger partial charge in [-0.05, 0) is 36.8 Å². The summed E-state index contributed by atoms with van der Waals surface area (Å²) in [5, 5.41) is 9.73. The van der Waals surface area contributed by atoms with Gasteiger partial charge in [0.1, 0.15) is 0 Å². The maximum absolute atomic E-state index is 12.2. The van der Waals surface area contributed by atoms with Crippen LogP contribution in [-0.2, 0) is 11.3 Å². The molecular formula is C20H18N4O3. The number of fused-ring (bicyclic) bond motifs is 1. The number of H-pyrrole nitrogens is 1. The average molecular weight is 362 g/mol. The molecule has 0 spiro atoms. The lowest BCUT2D eigenvalue weighted by molar-refractivity contribution is -0.116. The van der Waals surface area contributed by atoms with Gasteiger partial charge in [-0.1, -0.05) is 24.3 Å². The first-order chi connectivity index (χ1) is 13.2. The van der Waals surface area contributed by atoms with E-state index in [4.69, 9.17) is 4.42 Å². The molecule has 2 N–H and O–H groups in total. The first-order valence-corrected chi connectivity index (χ1v) is 8.69. The van der Waals surface area contributed by atoms with E-state index in [0.29, 0.717) is 25.0 Å². The molecule has 1 amide bonds. The van der Waals surface area contributed by atoms with Gasteiger partial charge in [-0.15, -0.1) is 0 Å². The number of benzene rings is 2. The Morgan fingerprint density at radius 3 is 2.89 bits per heavy atom. The van der Waals surface area contributed by atoms with Crippen LogP contribution in [0.4, 0.5) is 5.69 Å². The van der Waals surface area contributed by atoms with Gasteiger partial charge in [0.25, 0.3) is 0 Å². The van der Waals surface area contributed by atoms with Crippen molar-refractivity contribution in [2.75, 3.05) is 5.32 Å². The minimum atomic E-state index is -0.399. The molecule has 0 saturated heterocycles. The van der Waals surface area contributed by atoms with Crippen molar-refractivity contribution in [2.45, 2.75) is 19.4 Å². The predicted molar refractivity (Wildman–Crippen MR) is 102 cm³/mol. The molecule has 0 radical (unpaired) electrons. The number of rotatable bonds is 6. The molecular weight excluding hydrogens is 344 g/mol. The van der Waals surface area contributed by atoms with Crippen molar-refractivity contribution in [3.63, 3.8) is 0 Å². The Labute approximate surface area is 154 Å². The van der Waals surface area contributed by atoms with Gasteiger partial charge in [0, 0.05) is 30.4 Å². The van der Waals surface area contributed by atoms with Gasteiger partial charge >= 0.3 is 5.76 Å². The van der Waals surface area contributed by atoms with E-state index in [1.807, 2.05) is 48.5 Å². The van der Waals surface area contributed by atoms with Gasteiger partial charge < -0.3 is 9.73 Å². The Bertz CT molecular complexity index is 1130. The molecule has 2 aromatic carbocycles. The number of oxazole rings is 1. The summed E-state index contributed by atoms with van der Waals surface area (Å²) in [6, 6.07) is 16.7. The molecule has 0 aliphatic rings. The van der Waals surface area contributed by atoms with Crippen LogP contribution in [0.15, 0.2) is 70.0 Å². The summed E-state index contributed by atoms with van der Waals surface area (Å²) in [5.74, 6) is -0.499.